The second-order valence-electron chi connectivity index (χ2n) is 3.86. The molecule has 0 bridgehead atoms. The summed E-state index contributed by atoms with van der Waals surface area (Å²) in [6.45, 7) is 1.41. The molecule has 0 spiro atoms. The van der Waals surface area contributed by atoms with E-state index in [2.05, 4.69) is 19.2 Å². The molecule has 10 heteroatoms. The maximum absolute atomic E-state index is 13.0. The van der Waals surface area contributed by atoms with Gasteiger partial charge in [0.25, 0.3) is 6.43 Å². The van der Waals surface area contributed by atoms with Crippen molar-refractivity contribution in [2.75, 3.05) is 13.7 Å². The number of methoxy groups -OCH3 is 1. The van der Waals surface area contributed by atoms with E-state index in [-0.39, 0.29) is 6.61 Å². The number of rotatable bonds is 6. The van der Waals surface area contributed by atoms with Crippen molar-refractivity contribution in [1.29, 1.82) is 0 Å². The molecular weight excluding hydrogens is 317 g/mol. The molecule has 124 valence electrons. The van der Waals surface area contributed by atoms with Crippen LogP contribution in [0.15, 0.2) is 6.07 Å². The van der Waals surface area contributed by atoms with Crippen molar-refractivity contribution in [3.63, 3.8) is 0 Å². The number of alkyl halides is 5. The predicted molar refractivity (Wildman–Crippen MR) is 62.8 cm³/mol. The predicted octanol–water partition coefficient (Wildman–Crippen LogP) is 3.03. The first-order valence-corrected chi connectivity index (χ1v) is 5.95. The van der Waals surface area contributed by atoms with Gasteiger partial charge in [0.15, 0.2) is 0 Å². The molecule has 0 saturated heterocycles. The third kappa shape index (κ3) is 5.01. The van der Waals surface area contributed by atoms with Crippen LogP contribution in [-0.2, 0) is 16.0 Å². The molecule has 1 rings (SSSR count). The lowest BCUT2D eigenvalue weighted by Gasteiger charge is -2.16. The minimum atomic E-state index is -5.13. The van der Waals surface area contributed by atoms with Crippen LogP contribution in [0.4, 0.5) is 22.0 Å². The van der Waals surface area contributed by atoms with E-state index in [0.717, 1.165) is 7.11 Å². The van der Waals surface area contributed by atoms with E-state index in [1.54, 1.807) is 0 Å². The molecule has 0 fully saturated rings. The standard InChI is InChI=1S/C12H12F5NO4/c1-3-21-9(19)4-6-7(22-12(15,16)17)5-8(20-2)18-10(6)11(13)14/h5,11H,3-4H2,1-2H3. The van der Waals surface area contributed by atoms with Gasteiger partial charge in [0.05, 0.1) is 20.1 Å². The molecule has 22 heavy (non-hydrogen) atoms. The summed E-state index contributed by atoms with van der Waals surface area (Å²) in [6.07, 6.45) is -9.19. The molecule has 0 N–H and O–H groups in total. The van der Waals surface area contributed by atoms with E-state index in [4.69, 9.17) is 0 Å². The van der Waals surface area contributed by atoms with E-state index in [9.17, 15) is 26.7 Å². The van der Waals surface area contributed by atoms with Crippen LogP contribution in [0.5, 0.6) is 11.6 Å². The van der Waals surface area contributed by atoms with E-state index in [1.807, 2.05) is 0 Å². The van der Waals surface area contributed by atoms with E-state index < -0.39 is 48.1 Å². The van der Waals surface area contributed by atoms with Gasteiger partial charge in [-0.1, -0.05) is 0 Å². The molecule has 5 nitrogen and oxygen atoms in total. The van der Waals surface area contributed by atoms with Crippen LogP contribution >= 0.6 is 0 Å². The number of nitrogens with zero attached hydrogens (tertiary/aromatic N) is 1. The summed E-state index contributed by atoms with van der Waals surface area (Å²) in [6, 6.07) is 0.675. The Bertz CT molecular complexity index is 533. The number of hydrogen-bond donors (Lipinski definition) is 0. The van der Waals surface area contributed by atoms with Gasteiger partial charge in [-0.15, -0.1) is 13.2 Å². The minimum Gasteiger partial charge on any atom is -0.481 e. The quantitative estimate of drug-likeness (QED) is 0.593. The lowest BCUT2D eigenvalue weighted by molar-refractivity contribution is -0.275. The van der Waals surface area contributed by atoms with Crippen LogP contribution in [0.25, 0.3) is 0 Å². The molecule has 0 aromatic carbocycles. The van der Waals surface area contributed by atoms with Gasteiger partial charge in [0.1, 0.15) is 11.4 Å². The maximum Gasteiger partial charge on any atom is 0.573 e. The average molecular weight is 329 g/mol. The summed E-state index contributed by atoms with van der Waals surface area (Å²) in [7, 11) is 1.04. The van der Waals surface area contributed by atoms with Gasteiger partial charge in [-0.3, -0.25) is 4.79 Å². The monoisotopic (exact) mass is 329 g/mol. The van der Waals surface area contributed by atoms with Crippen molar-refractivity contribution >= 4 is 5.97 Å². The topological polar surface area (TPSA) is 57.7 Å². The fourth-order valence-electron chi connectivity index (χ4n) is 1.58. The van der Waals surface area contributed by atoms with Crippen LogP contribution in [0.3, 0.4) is 0 Å². The number of carbonyl (C=O) groups excluding carboxylic acids is 1. The first-order valence-electron chi connectivity index (χ1n) is 5.95. The smallest absolute Gasteiger partial charge is 0.481 e. The summed E-state index contributed by atoms with van der Waals surface area (Å²) >= 11 is 0. The highest BCUT2D eigenvalue weighted by atomic mass is 19.4. The third-order valence-corrected chi connectivity index (χ3v) is 2.36. The van der Waals surface area contributed by atoms with Crippen molar-refractivity contribution in [2.24, 2.45) is 0 Å². The summed E-state index contributed by atoms with van der Waals surface area (Å²) < 4.78 is 75.9. The number of halogens is 5. The number of hydrogen-bond acceptors (Lipinski definition) is 5. The Morgan fingerprint density at radius 2 is 2.00 bits per heavy atom. The third-order valence-electron chi connectivity index (χ3n) is 2.36. The van der Waals surface area contributed by atoms with Crippen molar-refractivity contribution in [3.8, 4) is 11.6 Å². The molecule has 0 aliphatic carbocycles. The highest BCUT2D eigenvalue weighted by Crippen LogP contribution is 2.35. The molecular formula is C12H12F5NO4. The fraction of sp³-hybridized carbons (Fsp3) is 0.500. The molecule has 1 aromatic rings. The molecule has 1 aromatic heterocycles. The fourth-order valence-corrected chi connectivity index (χ4v) is 1.58. The van der Waals surface area contributed by atoms with Gasteiger partial charge >= 0.3 is 12.3 Å². The molecule has 0 unspecified atom stereocenters. The van der Waals surface area contributed by atoms with Crippen LogP contribution in [0, 0.1) is 0 Å². The normalized spacial score (nSPS) is 11.5. The second-order valence-corrected chi connectivity index (χ2v) is 3.86. The lowest BCUT2D eigenvalue weighted by atomic mass is 10.1. The Morgan fingerprint density at radius 3 is 2.45 bits per heavy atom. The Kier molecular flexibility index (Phi) is 5.89. The number of ether oxygens (including phenoxy) is 3. The molecule has 0 radical (unpaired) electrons. The SMILES string of the molecule is CCOC(=O)Cc1c(OC(F)(F)F)cc(OC)nc1C(F)F. The zero-order valence-corrected chi connectivity index (χ0v) is 11.5. The Hall–Kier alpha value is -2.13. The van der Waals surface area contributed by atoms with Gasteiger partial charge in [-0.25, -0.2) is 13.8 Å². The van der Waals surface area contributed by atoms with Crippen molar-refractivity contribution in [2.45, 2.75) is 26.1 Å². The zero-order valence-electron chi connectivity index (χ0n) is 11.5. The average Bonchev–Trinajstić information content (AvgIpc) is 2.38. The number of esters is 1. The lowest BCUT2D eigenvalue weighted by Crippen LogP contribution is -2.20. The first kappa shape index (κ1) is 17.9. The number of aromatic nitrogens is 1. The van der Waals surface area contributed by atoms with E-state index in [1.165, 1.54) is 6.92 Å². The van der Waals surface area contributed by atoms with Crippen molar-refractivity contribution in [3.05, 3.63) is 17.3 Å². The molecule has 0 aliphatic heterocycles. The zero-order chi connectivity index (χ0) is 16.9. The summed E-state index contributed by atoms with van der Waals surface area (Å²) in [5.41, 5.74) is -1.74. The Balaban J connectivity index is 3.35. The minimum absolute atomic E-state index is 0.0537. The van der Waals surface area contributed by atoms with Gasteiger partial charge in [0, 0.05) is 11.6 Å². The largest absolute Gasteiger partial charge is 0.573 e. The summed E-state index contributed by atoms with van der Waals surface area (Å²) in [5.74, 6) is -2.46. The Morgan fingerprint density at radius 1 is 1.36 bits per heavy atom. The molecule has 0 amide bonds. The second kappa shape index (κ2) is 7.23. The van der Waals surface area contributed by atoms with E-state index >= 15 is 0 Å². The number of carbonyl (C=O) groups is 1. The van der Waals surface area contributed by atoms with Crippen LogP contribution in [-0.4, -0.2) is 31.0 Å². The van der Waals surface area contributed by atoms with Crippen molar-refractivity contribution in [1.82, 2.24) is 4.98 Å². The van der Waals surface area contributed by atoms with Crippen LogP contribution < -0.4 is 9.47 Å². The summed E-state index contributed by atoms with van der Waals surface area (Å²) in [4.78, 5) is 14.8. The number of pyridine rings is 1. The van der Waals surface area contributed by atoms with Crippen molar-refractivity contribution < 1.29 is 41.0 Å². The van der Waals surface area contributed by atoms with Gasteiger partial charge in [0.2, 0.25) is 5.88 Å². The van der Waals surface area contributed by atoms with E-state index in [0.29, 0.717) is 6.07 Å². The molecule has 0 saturated carbocycles. The highest BCUT2D eigenvalue weighted by Gasteiger charge is 2.34. The first-order chi connectivity index (χ1) is 10.2. The molecule has 0 aliphatic rings. The summed E-state index contributed by atoms with van der Waals surface area (Å²) in [5, 5.41) is 0. The van der Waals surface area contributed by atoms with Crippen LogP contribution in [0.2, 0.25) is 0 Å². The van der Waals surface area contributed by atoms with Gasteiger partial charge < -0.3 is 14.2 Å². The van der Waals surface area contributed by atoms with Gasteiger partial charge in [-0.05, 0) is 6.92 Å². The Labute approximate surface area is 122 Å². The molecule has 0 atom stereocenters. The highest BCUT2D eigenvalue weighted by molar-refractivity contribution is 5.74. The van der Waals surface area contributed by atoms with Crippen LogP contribution in [0.1, 0.15) is 24.6 Å². The maximum atomic E-state index is 13.0. The molecule has 1 heterocycles. The van der Waals surface area contributed by atoms with Gasteiger partial charge in [-0.2, -0.15) is 0 Å².